The minimum absolute atomic E-state index is 0.806. The normalized spacial score (nSPS) is 15.2. The molecular formula is C15H33NO. The average molecular weight is 243 g/mol. The lowest BCUT2D eigenvalue weighted by Gasteiger charge is -2.28. The first-order chi connectivity index (χ1) is 8.19. The molecule has 2 N–H and O–H groups in total. The van der Waals surface area contributed by atoms with Crippen LogP contribution in [0.5, 0.6) is 0 Å². The van der Waals surface area contributed by atoms with Gasteiger partial charge in [-0.2, -0.15) is 0 Å². The van der Waals surface area contributed by atoms with Gasteiger partial charge in [-0.25, -0.2) is 0 Å². The van der Waals surface area contributed by atoms with Crippen molar-refractivity contribution >= 4 is 0 Å². The fraction of sp³-hybridized carbons (Fsp3) is 1.00. The van der Waals surface area contributed by atoms with Gasteiger partial charge in [0, 0.05) is 13.7 Å². The Balaban J connectivity index is 4.15. The minimum atomic E-state index is 0.806. The molecule has 0 radical (unpaired) electrons. The van der Waals surface area contributed by atoms with E-state index in [0.717, 1.165) is 30.9 Å². The van der Waals surface area contributed by atoms with Crippen LogP contribution in [0.4, 0.5) is 0 Å². The van der Waals surface area contributed by atoms with Crippen molar-refractivity contribution in [1.82, 2.24) is 0 Å². The van der Waals surface area contributed by atoms with E-state index in [9.17, 15) is 0 Å². The molecule has 0 bridgehead atoms. The minimum Gasteiger partial charge on any atom is -0.385 e. The maximum atomic E-state index is 5.58. The highest BCUT2D eigenvalue weighted by Gasteiger charge is 2.20. The number of nitrogens with two attached hydrogens (primary N) is 1. The second-order valence-corrected chi connectivity index (χ2v) is 5.39. The van der Waals surface area contributed by atoms with Crippen LogP contribution in [0.1, 0.15) is 59.3 Å². The van der Waals surface area contributed by atoms with Gasteiger partial charge in [0.2, 0.25) is 0 Å². The topological polar surface area (TPSA) is 35.2 Å². The van der Waals surface area contributed by atoms with E-state index in [2.05, 4.69) is 20.8 Å². The van der Waals surface area contributed by atoms with Crippen LogP contribution in [0.15, 0.2) is 0 Å². The molecule has 0 aromatic carbocycles. The van der Waals surface area contributed by atoms with Crippen molar-refractivity contribution in [2.75, 3.05) is 20.3 Å². The van der Waals surface area contributed by atoms with Gasteiger partial charge in [-0.05, 0) is 50.0 Å². The first-order valence-corrected chi connectivity index (χ1v) is 7.38. The summed E-state index contributed by atoms with van der Waals surface area (Å²) >= 11 is 0. The van der Waals surface area contributed by atoms with Crippen LogP contribution >= 0.6 is 0 Å². The molecule has 0 aromatic heterocycles. The lowest BCUT2D eigenvalue weighted by atomic mass is 9.79. The van der Waals surface area contributed by atoms with Crippen molar-refractivity contribution < 1.29 is 4.74 Å². The first-order valence-electron chi connectivity index (χ1n) is 7.38. The number of ether oxygens (including phenoxy) is 1. The smallest absolute Gasteiger partial charge is 0.0465 e. The van der Waals surface area contributed by atoms with E-state index in [1.54, 1.807) is 0 Å². The van der Waals surface area contributed by atoms with Gasteiger partial charge in [0.05, 0.1) is 0 Å². The lowest BCUT2D eigenvalue weighted by Crippen LogP contribution is -2.19. The summed E-state index contributed by atoms with van der Waals surface area (Å²) in [5.41, 5.74) is 5.58. The molecule has 0 aliphatic carbocycles. The van der Waals surface area contributed by atoms with Gasteiger partial charge in [-0.1, -0.05) is 33.6 Å². The van der Waals surface area contributed by atoms with E-state index in [1.165, 1.54) is 38.5 Å². The molecule has 17 heavy (non-hydrogen) atoms. The summed E-state index contributed by atoms with van der Waals surface area (Å²) in [5.74, 6) is 2.50. The summed E-state index contributed by atoms with van der Waals surface area (Å²) in [6.45, 7) is 8.75. The molecule has 0 saturated heterocycles. The van der Waals surface area contributed by atoms with Crippen molar-refractivity contribution in [3.63, 3.8) is 0 Å². The fourth-order valence-electron chi connectivity index (χ4n) is 2.87. The second kappa shape index (κ2) is 11.0. The molecule has 0 amide bonds. The SMILES string of the molecule is CCC(CC)C(CCOC)CC(C)CCCN. The molecule has 2 unspecified atom stereocenters. The van der Waals surface area contributed by atoms with Crippen LogP contribution in [0.3, 0.4) is 0 Å². The van der Waals surface area contributed by atoms with Crippen LogP contribution in [0.2, 0.25) is 0 Å². The molecule has 2 nitrogen and oxygen atoms in total. The van der Waals surface area contributed by atoms with E-state index in [4.69, 9.17) is 10.5 Å². The molecule has 2 atom stereocenters. The van der Waals surface area contributed by atoms with Gasteiger partial charge < -0.3 is 10.5 Å². The molecule has 0 saturated carbocycles. The van der Waals surface area contributed by atoms with Crippen molar-refractivity contribution in [2.24, 2.45) is 23.5 Å². The van der Waals surface area contributed by atoms with Crippen molar-refractivity contribution in [3.05, 3.63) is 0 Å². The Labute approximate surface area is 108 Å². The largest absolute Gasteiger partial charge is 0.385 e. The highest BCUT2D eigenvalue weighted by atomic mass is 16.5. The van der Waals surface area contributed by atoms with E-state index >= 15 is 0 Å². The number of methoxy groups -OCH3 is 1. The molecule has 0 fully saturated rings. The van der Waals surface area contributed by atoms with E-state index in [0.29, 0.717) is 0 Å². The van der Waals surface area contributed by atoms with Gasteiger partial charge in [0.15, 0.2) is 0 Å². The molecular weight excluding hydrogens is 210 g/mol. The highest BCUT2D eigenvalue weighted by Crippen LogP contribution is 2.30. The third-order valence-electron chi connectivity index (χ3n) is 4.01. The number of rotatable bonds is 11. The zero-order valence-corrected chi connectivity index (χ0v) is 12.4. The summed E-state index contributed by atoms with van der Waals surface area (Å²) in [6.07, 6.45) is 7.61. The van der Waals surface area contributed by atoms with Gasteiger partial charge in [0.1, 0.15) is 0 Å². The average Bonchev–Trinajstić information content (AvgIpc) is 2.34. The van der Waals surface area contributed by atoms with Crippen LogP contribution in [0.25, 0.3) is 0 Å². The molecule has 104 valence electrons. The summed E-state index contributed by atoms with van der Waals surface area (Å²) < 4.78 is 5.25. The highest BCUT2D eigenvalue weighted by molar-refractivity contribution is 4.71. The predicted molar refractivity (Wildman–Crippen MR) is 76.1 cm³/mol. The summed E-state index contributed by atoms with van der Waals surface area (Å²) in [7, 11) is 1.81. The third kappa shape index (κ3) is 7.77. The molecule has 2 heteroatoms. The van der Waals surface area contributed by atoms with Crippen molar-refractivity contribution in [1.29, 1.82) is 0 Å². The van der Waals surface area contributed by atoms with Gasteiger partial charge in [0.25, 0.3) is 0 Å². The quantitative estimate of drug-likeness (QED) is 0.598. The maximum Gasteiger partial charge on any atom is 0.0465 e. The van der Waals surface area contributed by atoms with Gasteiger partial charge in [-0.15, -0.1) is 0 Å². The van der Waals surface area contributed by atoms with E-state index in [-0.39, 0.29) is 0 Å². The number of hydrogen-bond donors (Lipinski definition) is 1. The standard InChI is InChI=1S/C15H33NO/c1-5-14(6-2)15(9-11-17-4)12-13(3)8-7-10-16/h13-15H,5-12,16H2,1-4H3. The van der Waals surface area contributed by atoms with Gasteiger partial charge >= 0.3 is 0 Å². The Morgan fingerprint density at radius 3 is 2.18 bits per heavy atom. The van der Waals surface area contributed by atoms with Crippen LogP contribution in [-0.4, -0.2) is 20.3 Å². The Morgan fingerprint density at radius 1 is 1.06 bits per heavy atom. The van der Waals surface area contributed by atoms with E-state index in [1.807, 2.05) is 7.11 Å². The summed E-state index contributed by atoms with van der Waals surface area (Å²) in [5, 5.41) is 0. The molecule has 0 aliphatic rings. The van der Waals surface area contributed by atoms with Gasteiger partial charge in [-0.3, -0.25) is 0 Å². The summed E-state index contributed by atoms with van der Waals surface area (Å²) in [4.78, 5) is 0. The number of hydrogen-bond acceptors (Lipinski definition) is 2. The lowest BCUT2D eigenvalue weighted by molar-refractivity contribution is 0.143. The molecule has 0 rings (SSSR count). The van der Waals surface area contributed by atoms with Crippen LogP contribution in [-0.2, 0) is 4.74 Å². The fourth-order valence-corrected chi connectivity index (χ4v) is 2.87. The zero-order valence-electron chi connectivity index (χ0n) is 12.4. The van der Waals surface area contributed by atoms with Crippen LogP contribution in [0, 0.1) is 17.8 Å². The third-order valence-corrected chi connectivity index (χ3v) is 4.01. The Hall–Kier alpha value is -0.0800. The zero-order chi connectivity index (χ0) is 13.1. The van der Waals surface area contributed by atoms with Crippen molar-refractivity contribution in [3.8, 4) is 0 Å². The molecule has 0 aromatic rings. The second-order valence-electron chi connectivity index (χ2n) is 5.39. The Bertz CT molecular complexity index is 157. The first kappa shape index (κ1) is 16.9. The monoisotopic (exact) mass is 243 g/mol. The molecule has 0 spiro atoms. The maximum absolute atomic E-state index is 5.58. The van der Waals surface area contributed by atoms with Crippen LogP contribution < -0.4 is 5.73 Å². The van der Waals surface area contributed by atoms with Crippen molar-refractivity contribution in [2.45, 2.75) is 59.3 Å². The Morgan fingerprint density at radius 2 is 1.71 bits per heavy atom. The molecule has 0 aliphatic heterocycles. The molecule has 0 heterocycles. The van der Waals surface area contributed by atoms with E-state index < -0.39 is 0 Å². The Kier molecular flexibility index (Phi) is 11.0. The summed E-state index contributed by atoms with van der Waals surface area (Å²) in [6, 6.07) is 0. The predicted octanol–water partition coefficient (Wildman–Crippen LogP) is 3.84.